The molecular formula is C22H28N2O3. The molecule has 6 rings (SSSR count). The number of ether oxygens (including phenoxy) is 1. The number of carbonyl (C=O) groups excluding carboxylic acids is 1. The molecule has 2 saturated heterocycles. The summed E-state index contributed by atoms with van der Waals surface area (Å²) in [5.41, 5.74) is 1.73. The number of nitrogens with one attached hydrogen (secondary N) is 1. The van der Waals surface area contributed by atoms with Crippen molar-refractivity contribution < 1.29 is 14.6 Å². The van der Waals surface area contributed by atoms with E-state index in [2.05, 4.69) is 16.8 Å². The van der Waals surface area contributed by atoms with Gasteiger partial charge in [-0.2, -0.15) is 0 Å². The van der Waals surface area contributed by atoms with Crippen LogP contribution in [-0.4, -0.2) is 45.7 Å². The molecule has 1 aromatic heterocycles. The Morgan fingerprint density at radius 3 is 2.74 bits per heavy atom. The van der Waals surface area contributed by atoms with Crippen LogP contribution in [0.1, 0.15) is 56.9 Å². The third kappa shape index (κ3) is 2.75. The largest absolute Gasteiger partial charge is 0.497 e. The highest BCUT2D eigenvalue weighted by Crippen LogP contribution is 2.51. The Labute approximate surface area is 159 Å². The first-order valence-corrected chi connectivity index (χ1v) is 10.1. The van der Waals surface area contributed by atoms with Crippen LogP contribution in [0.2, 0.25) is 0 Å². The number of methoxy groups -OCH3 is 1. The number of rotatable bonds is 4. The van der Waals surface area contributed by atoms with E-state index in [9.17, 15) is 9.90 Å². The fourth-order valence-electron chi connectivity index (χ4n) is 6.13. The first-order valence-electron chi connectivity index (χ1n) is 10.1. The second-order valence-corrected chi connectivity index (χ2v) is 9.04. The van der Waals surface area contributed by atoms with Crippen molar-refractivity contribution in [2.24, 2.45) is 5.92 Å². The number of aromatic amines is 1. The van der Waals surface area contributed by atoms with Crippen molar-refractivity contribution in [1.29, 1.82) is 0 Å². The number of aromatic nitrogens is 1. The lowest BCUT2D eigenvalue weighted by Gasteiger charge is -2.59. The van der Waals surface area contributed by atoms with E-state index in [1.165, 1.54) is 5.56 Å². The van der Waals surface area contributed by atoms with E-state index in [1.807, 2.05) is 24.4 Å². The Bertz CT molecular complexity index is 873. The van der Waals surface area contributed by atoms with Crippen molar-refractivity contribution in [3.63, 3.8) is 0 Å². The number of benzene rings is 1. The number of H-pyrrole nitrogens is 1. The molecular weight excluding hydrogens is 340 g/mol. The predicted molar refractivity (Wildman–Crippen MR) is 104 cm³/mol. The van der Waals surface area contributed by atoms with E-state index < -0.39 is 5.60 Å². The number of aliphatic hydroxyl groups is 1. The van der Waals surface area contributed by atoms with Crippen molar-refractivity contribution >= 4 is 16.8 Å². The molecule has 5 nitrogen and oxygen atoms in total. The highest BCUT2D eigenvalue weighted by molar-refractivity contribution is 5.86. The summed E-state index contributed by atoms with van der Waals surface area (Å²) in [4.78, 5) is 18.7. The van der Waals surface area contributed by atoms with Gasteiger partial charge in [0.05, 0.1) is 12.7 Å². The van der Waals surface area contributed by atoms with Gasteiger partial charge in [-0.05, 0) is 67.7 Å². The number of carbonyl (C=O) groups is 1. The Balaban J connectivity index is 1.36. The summed E-state index contributed by atoms with van der Waals surface area (Å²) >= 11 is 0. The topological polar surface area (TPSA) is 65.6 Å². The Morgan fingerprint density at radius 2 is 2.07 bits per heavy atom. The van der Waals surface area contributed by atoms with Gasteiger partial charge in [-0.15, -0.1) is 0 Å². The van der Waals surface area contributed by atoms with Crippen molar-refractivity contribution in [3.8, 4) is 5.75 Å². The van der Waals surface area contributed by atoms with Crippen LogP contribution in [0.5, 0.6) is 5.75 Å². The molecule has 3 heterocycles. The highest BCUT2D eigenvalue weighted by atomic mass is 16.5. The summed E-state index contributed by atoms with van der Waals surface area (Å²) in [5.74, 6) is 1.82. The van der Waals surface area contributed by atoms with Crippen molar-refractivity contribution in [2.75, 3.05) is 7.11 Å². The molecule has 1 amide bonds. The first-order chi connectivity index (χ1) is 13.0. The van der Waals surface area contributed by atoms with Gasteiger partial charge < -0.3 is 19.7 Å². The van der Waals surface area contributed by atoms with E-state index >= 15 is 0 Å². The first kappa shape index (κ1) is 17.1. The maximum Gasteiger partial charge on any atom is 0.223 e. The molecule has 4 aliphatic rings. The lowest BCUT2D eigenvalue weighted by molar-refractivity contribution is -0.174. The summed E-state index contributed by atoms with van der Waals surface area (Å²) in [6.45, 7) is 2.13. The highest BCUT2D eigenvalue weighted by Gasteiger charge is 2.54. The number of piperidine rings is 2. The Kier molecular flexibility index (Phi) is 3.80. The minimum atomic E-state index is -0.508. The molecule has 2 aliphatic carbocycles. The van der Waals surface area contributed by atoms with Crippen molar-refractivity contribution in [1.82, 2.24) is 9.88 Å². The molecule has 144 valence electrons. The van der Waals surface area contributed by atoms with Crippen LogP contribution in [-0.2, 0) is 4.79 Å². The van der Waals surface area contributed by atoms with Crippen molar-refractivity contribution in [2.45, 2.75) is 69.1 Å². The van der Waals surface area contributed by atoms with E-state index in [1.54, 1.807) is 7.11 Å². The van der Waals surface area contributed by atoms with E-state index in [0.29, 0.717) is 12.3 Å². The van der Waals surface area contributed by atoms with Gasteiger partial charge in [0.25, 0.3) is 0 Å². The molecule has 4 bridgehead atoms. The molecule has 2 aliphatic heterocycles. The second-order valence-electron chi connectivity index (χ2n) is 9.04. The molecule has 3 atom stereocenters. The van der Waals surface area contributed by atoms with Gasteiger partial charge in [0.1, 0.15) is 5.75 Å². The normalized spacial score (nSPS) is 32.9. The zero-order chi connectivity index (χ0) is 18.8. The molecule has 5 heteroatoms. The quantitative estimate of drug-likeness (QED) is 0.867. The third-order valence-electron chi connectivity index (χ3n) is 7.12. The monoisotopic (exact) mass is 368 g/mol. The summed E-state index contributed by atoms with van der Waals surface area (Å²) in [7, 11) is 1.67. The zero-order valence-corrected chi connectivity index (χ0v) is 16.1. The molecule has 0 spiro atoms. The smallest absolute Gasteiger partial charge is 0.223 e. The average molecular weight is 368 g/mol. The van der Waals surface area contributed by atoms with Crippen LogP contribution < -0.4 is 4.74 Å². The van der Waals surface area contributed by atoms with Crippen LogP contribution >= 0.6 is 0 Å². The van der Waals surface area contributed by atoms with Gasteiger partial charge in [-0.3, -0.25) is 4.79 Å². The minimum Gasteiger partial charge on any atom is -0.497 e. The number of fused-ring (bicyclic) bond motifs is 1. The number of hydrogen-bond donors (Lipinski definition) is 2. The van der Waals surface area contributed by atoms with Crippen LogP contribution in [0, 0.1) is 5.92 Å². The summed E-state index contributed by atoms with van der Waals surface area (Å²) in [5, 5.41) is 11.9. The third-order valence-corrected chi connectivity index (χ3v) is 7.12. The van der Waals surface area contributed by atoms with Crippen LogP contribution in [0.25, 0.3) is 10.9 Å². The molecule has 4 fully saturated rings. The molecule has 2 saturated carbocycles. The lowest BCUT2D eigenvalue weighted by Crippen LogP contribution is -2.65. The molecule has 1 aromatic carbocycles. The lowest BCUT2D eigenvalue weighted by atomic mass is 9.61. The molecule has 27 heavy (non-hydrogen) atoms. The van der Waals surface area contributed by atoms with Gasteiger partial charge in [0.2, 0.25) is 5.91 Å². The zero-order valence-electron chi connectivity index (χ0n) is 16.1. The standard InChI is InChI=1S/C22H28N2O3/c1-13(19-12-23-20-4-3-17(27-2)8-18(19)20)5-21(25)24-15-6-14-7-16(24)11-22(26,9-14)10-15/h3-4,8,12-16,23,26H,5-7,9-11H2,1-2H3. The van der Waals surface area contributed by atoms with Gasteiger partial charge >= 0.3 is 0 Å². The Hall–Kier alpha value is -2.01. The summed E-state index contributed by atoms with van der Waals surface area (Å²) in [6.07, 6.45) is 7.16. The van der Waals surface area contributed by atoms with Gasteiger partial charge in [0, 0.05) is 35.6 Å². The molecule has 3 unspecified atom stereocenters. The SMILES string of the molecule is COc1ccc2[nH]cc(C(C)CC(=O)N3C4CC5CC3CC(O)(C5)C4)c2c1. The van der Waals surface area contributed by atoms with Gasteiger partial charge in [0.15, 0.2) is 0 Å². The summed E-state index contributed by atoms with van der Waals surface area (Å²) in [6, 6.07) is 6.49. The van der Waals surface area contributed by atoms with Gasteiger partial charge in [-0.1, -0.05) is 6.92 Å². The van der Waals surface area contributed by atoms with Crippen LogP contribution in [0.15, 0.2) is 24.4 Å². The van der Waals surface area contributed by atoms with E-state index in [4.69, 9.17) is 4.74 Å². The second kappa shape index (κ2) is 5.99. The van der Waals surface area contributed by atoms with E-state index in [-0.39, 0.29) is 23.9 Å². The minimum absolute atomic E-state index is 0.138. The molecule has 0 radical (unpaired) electrons. The molecule has 2 aromatic rings. The van der Waals surface area contributed by atoms with Crippen LogP contribution in [0.3, 0.4) is 0 Å². The van der Waals surface area contributed by atoms with Gasteiger partial charge in [-0.25, -0.2) is 0 Å². The number of nitrogens with zero attached hydrogens (tertiary/aromatic N) is 1. The fourth-order valence-corrected chi connectivity index (χ4v) is 6.13. The number of hydrogen-bond acceptors (Lipinski definition) is 3. The van der Waals surface area contributed by atoms with E-state index in [0.717, 1.165) is 48.8 Å². The number of amides is 1. The van der Waals surface area contributed by atoms with Crippen LogP contribution in [0.4, 0.5) is 0 Å². The molecule has 2 N–H and O–H groups in total. The summed E-state index contributed by atoms with van der Waals surface area (Å²) < 4.78 is 5.36. The average Bonchev–Trinajstić information content (AvgIpc) is 3.02. The predicted octanol–water partition coefficient (Wildman–Crippen LogP) is 3.57. The maximum atomic E-state index is 13.2. The van der Waals surface area contributed by atoms with Crippen molar-refractivity contribution in [3.05, 3.63) is 30.0 Å². The fraction of sp³-hybridized carbons (Fsp3) is 0.591. The maximum absolute atomic E-state index is 13.2. The Morgan fingerprint density at radius 1 is 1.33 bits per heavy atom.